The van der Waals surface area contributed by atoms with Gasteiger partial charge in [0, 0.05) is 30.9 Å². The molecule has 0 aromatic carbocycles. The van der Waals surface area contributed by atoms with Crippen molar-refractivity contribution in [1.82, 2.24) is 15.1 Å². The summed E-state index contributed by atoms with van der Waals surface area (Å²) in [7, 11) is 0. The molecule has 3 rings (SSSR count). The number of urea groups is 1. The van der Waals surface area contributed by atoms with Crippen LogP contribution in [-0.2, 0) is 9.59 Å². The molecule has 0 spiro atoms. The maximum Gasteiger partial charge on any atom is 0.324 e. The van der Waals surface area contributed by atoms with Crippen molar-refractivity contribution in [1.29, 1.82) is 0 Å². The highest BCUT2D eigenvalue weighted by molar-refractivity contribution is 7.10. The van der Waals surface area contributed by atoms with Gasteiger partial charge in [0.05, 0.1) is 12.5 Å². The zero-order valence-electron chi connectivity index (χ0n) is 13.7. The molecule has 1 N–H and O–H groups in total. The summed E-state index contributed by atoms with van der Waals surface area (Å²) in [6.07, 6.45) is 4.88. The van der Waals surface area contributed by atoms with Crippen LogP contribution in [0.15, 0.2) is 17.5 Å². The molecule has 0 radical (unpaired) electrons. The molecular formula is C17H23N3O3S. The Labute approximate surface area is 145 Å². The number of nitrogens with zero attached hydrogens (tertiary/aromatic N) is 2. The number of hydrogen-bond donors (Lipinski definition) is 1. The molecule has 2 aliphatic rings. The fourth-order valence-corrected chi connectivity index (χ4v) is 4.03. The highest BCUT2D eigenvalue weighted by Crippen LogP contribution is 2.26. The molecule has 6 nitrogen and oxygen atoms in total. The van der Waals surface area contributed by atoms with Crippen LogP contribution in [0.25, 0.3) is 0 Å². The fraction of sp³-hybridized carbons (Fsp3) is 0.588. The molecule has 0 unspecified atom stereocenters. The molecule has 0 bridgehead atoms. The van der Waals surface area contributed by atoms with E-state index < -0.39 is 6.03 Å². The van der Waals surface area contributed by atoms with Crippen molar-refractivity contribution >= 4 is 29.2 Å². The summed E-state index contributed by atoms with van der Waals surface area (Å²) in [5.74, 6) is -0.168. The highest BCUT2D eigenvalue weighted by Gasteiger charge is 2.33. The van der Waals surface area contributed by atoms with E-state index >= 15 is 0 Å². The van der Waals surface area contributed by atoms with Crippen LogP contribution in [0.3, 0.4) is 0 Å². The second-order valence-electron chi connectivity index (χ2n) is 6.31. The number of thiophene rings is 1. The number of hydrogen-bond acceptors (Lipinski definition) is 4. The van der Waals surface area contributed by atoms with Crippen molar-refractivity contribution in [3.8, 4) is 0 Å². The summed E-state index contributed by atoms with van der Waals surface area (Å²) in [6, 6.07) is 3.18. The van der Waals surface area contributed by atoms with Gasteiger partial charge in [-0.05, 0) is 24.3 Å². The van der Waals surface area contributed by atoms with E-state index in [1.807, 2.05) is 22.4 Å². The third-order valence-corrected chi connectivity index (χ3v) is 5.60. The topological polar surface area (TPSA) is 69.7 Å². The number of imide groups is 1. The first kappa shape index (κ1) is 17.0. The van der Waals surface area contributed by atoms with E-state index in [9.17, 15) is 14.4 Å². The van der Waals surface area contributed by atoms with Gasteiger partial charge in [0.1, 0.15) is 0 Å². The lowest BCUT2D eigenvalue weighted by molar-refractivity contribution is -0.133. The van der Waals surface area contributed by atoms with Crippen molar-refractivity contribution in [2.24, 2.45) is 0 Å². The van der Waals surface area contributed by atoms with E-state index in [4.69, 9.17) is 0 Å². The standard InChI is InChI=1S/C17H23N3O3S/c21-15(19-8-3-1-2-4-9-19)7-10-20-16(22)12-13(18-17(20)23)14-6-5-11-24-14/h5-6,11,13H,1-4,7-10,12H2,(H,18,23)/t13-/m0/s1. The first-order valence-corrected chi connectivity index (χ1v) is 9.45. The number of carbonyl (C=O) groups excluding carboxylic acids is 3. The molecule has 130 valence electrons. The minimum absolute atomic E-state index is 0.0397. The maximum atomic E-state index is 12.3. The van der Waals surface area contributed by atoms with Crippen molar-refractivity contribution in [3.63, 3.8) is 0 Å². The molecule has 2 aliphatic heterocycles. The Kier molecular flexibility index (Phi) is 5.50. The number of rotatable bonds is 4. The summed E-state index contributed by atoms with van der Waals surface area (Å²) in [6.45, 7) is 1.75. The maximum absolute atomic E-state index is 12.3. The number of amides is 4. The largest absolute Gasteiger partial charge is 0.343 e. The second kappa shape index (κ2) is 7.79. The number of likely N-dealkylation sites (tertiary alicyclic amines) is 1. The zero-order valence-corrected chi connectivity index (χ0v) is 14.5. The average molecular weight is 349 g/mol. The van der Waals surface area contributed by atoms with Crippen molar-refractivity contribution < 1.29 is 14.4 Å². The van der Waals surface area contributed by atoms with Gasteiger partial charge in [0.2, 0.25) is 11.8 Å². The Morgan fingerprint density at radius 3 is 2.58 bits per heavy atom. The van der Waals surface area contributed by atoms with E-state index in [0.29, 0.717) is 0 Å². The quantitative estimate of drug-likeness (QED) is 0.908. The van der Waals surface area contributed by atoms with Gasteiger partial charge in [-0.3, -0.25) is 14.5 Å². The van der Waals surface area contributed by atoms with Crippen LogP contribution < -0.4 is 5.32 Å². The zero-order chi connectivity index (χ0) is 16.9. The Hall–Kier alpha value is -1.89. The Morgan fingerprint density at radius 1 is 1.21 bits per heavy atom. The molecule has 24 heavy (non-hydrogen) atoms. The SMILES string of the molecule is O=C(CCN1C(=O)C[C@@H](c2cccs2)NC1=O)N1CCCCCC1. The molecule has 1 aromatic heterocycles. The normalized spacial score (nSPS) is 22.2. The lowest BCUT2D eigenvalue weighted by Crippen LogP contribution is -2.52. The first-order chi connectivity index (χ1) is 11.6. The van der Waals surface area contributed by atoms with Gasteiger partial charge in [0.25, 0.3) is 0 Å². The lowest BCUT2D eigenvalue weighted by atomic mass is 10.1. The van der Waals surface area contributed by atoms with Gasteiger partial charge in [-0.15, -0.1) is 11.3 Å². The van der Waals surface area contributed by atoms with Gasteiger partial charge in [0.15, 0.2) is 0 Å². The van der Waals surface area contributed by atoms with E-state index in [1.165, 1.54) is 29.1 Å². The van der Waals surface area contributed by atoms with E-state index in [2.05, 4.69) is 5.32 Å². The third-order valence-electron chi connectivity index (χ3n) is 4.62. The van der Waals surface area contributed by atoms with Crippen LogP contribution in [0, 0.1) is 0 Å². The summed E-state index contributed by atoms with van der Waals surface area (Å²) < 4.78 is 0. The summed E-state index contributed by atoms with van der Waals surface area (Å²) >= 11 is 1.53. The average Bonchev–Trinajstić information content (AvgIpc) is 2.96. The van der Waals surface area contributed by atoms with Gasteiger partial charge in [-0.25, -0.2) is 4.79 Å². The number of carbonyl (C=O) groups is 3. The van der Waals surface area contributed by atoms with Crippen molar-refractivity contribution in [2.75, 3.05) is 19.6 Å². The summed E-state index contributed by atoms with van der Waals surface area (Å²) in [5.41, 5.74) is 0. The van der Waals surface area contributed by atoms with Crippen LogP contribution in [0.2, 0.25) is 0 Å². The molecule has 4 amide bonds. The minimum Gasteiger partial charge on any atom is -0.343 e. The molecule has 0 saturated carbocycles. The van der Waals surface area contributed by atoms with Crippen LogP contribution in [0.5, 0.6) is 0 Å². The Bertz CT molecular complexity index is 576. The van der Waals surface area contributed by atoms with Crippen LogP contribution in [0.1, 0.15) is 49.4 Å². The molecule has 0 aliphatic carbocycles. The molecule has 7 heteroatoms. The molecular weight excluding hydrogens is 326 g/mol. The molecule has 1 aromatic rings. The molecule has 2 saturated heterocycles. The van der Waals surface area contributed by atoms with E-state index in [0.717, 1.165) is 30.8 Å². The molecule has 2 fully saturated rings. The van der Waals surface area contributed by atoms with Gasteiger partial charge < -0.3 is 10.2 Å². The highest BCUT2D eigenvalue weighted by atomic mass is 32.1. The third kappa shape index (κ3) is 3.95. The number of nitrogens with one attached hydrogen (secondary N) is 1. The van der Waals surface area contributed by atoms with Gasteiger partial charge >= 0.3 is 6.03 Å². The Morgan fingerprint density at radius 2 is 1.96 bits per heavy atom. The van der Waals surface area contributed by atoms with Crippen LogP contribution >= 0.6 is 11.3 Å². The van der Waals surface area contributed by atoms with Crippen molar-refractivity contribution in [2.45, 2.75) is 44.6 Å². The first-order valence-electron chi connectivity index (χ1n) is 8.57. The summed E-state index contributed by atoms with van der Waals surface area (Å²) in [4.78, 5) is 40.9. The minimum atomic E-state index is -0.395. The van der Waals surface area contributed by atoms with Gasteiger partial charge in [-0.1, -0.05) is 18.9 Å². The molecule has 1 atom stereocenters. The fourth-order valence-electron chi connectivity index (χ4n) is 3.25. The van der Waals surface area contributed by atoms with E-state index in [1.54, 1.807) is 0 Å². The van der Waals surface area contributed by atoms with Gasteiger partial charge in [-0.2, -0.15) is 0 Å². The predicted octanol–water partition coefficient (Wildman–Crippen LogP) is 2.52. The monoisotopic (exact) mass is 349 g/mol. The smallest absolute Gasteiger partial charge is 0.324 e. The predicted molar refractivity (Wildman–Crippen MR) is 91.6 cm³/mol. The van der Waals surface area contributed by atoms with Crippen LogP contribution in [-0.4, -0.2) is 47.3 Å². The second-order valence-corrected chi connectivity index (χ2v) is 7.29. The Balaban J connectivity index is 1.53. The van der Waals surface area contributed by atoms with Crippen molar-refractivity contribution in [3.05, 3.63) is 22.4 Å². The summed E-state index contributed by atoms with van der Waals surface area (Å²) in [5, 5.41) is 4.79. The van der Waals surface area contributed by atoms with Crippen LogP contribution in [0.4, 0.5) is 4.79 Å². The van der Waals surface area contributed by atoms with E-state index in [-0.39, 0.29) is 37.2 Å². The lowest BCUT2D eigenvalue weighted by Gasteiger charge is -2.31. The molecule has 3 heterocycles.